The van der Waals surface area contributed by atoms with E-state index < -0.39 is 11.7 Å². The molecular formula is C18H12ClFN4O2. The monoisotopic (exact) mass is 370 g/mol. The van der Waals surface area contributed by atoms with E-state index in [4.69, 9.17) is 11.6 Å². The Morgan fingerprint density at radius 1 is 1.19 bits per heavy atom. The molecule has 0 aliphatic rings. The van der Waals surface area contributed by atoms with Crippen LogP contribution in [0, 0.1) is 5.82 Å². The second-order valence-electron chi connectivity index (χ2n) is 5.77. The molecule has 2 N–H and O–H groups in total. The Kier molecular flexibility index (Phi) is 3.93. The first-order valence-corrected chi connectivity index (χ1v) is 8.11. The Labute approximate surface area is 151 Å². The zero-order valence-corrected chi connectivity index (χ0v) is 14.0. The minimum atomic E-state index is -0.416. The standard InChI is InChI=1S/C18H12ClFN4O2/c19-10-1-6-15-13(7-10)17-14(8-21-15)18(26)24(23-17)9-16(25)22-12-4-2-11(20)3-5-12/h1-8,23H,9H2,(H,22,25). The van der Waals surface area contributed by atoms with Crippen molar-refractivity contribution in [3.8, 4) is 0 Å². The number of carbonyl (C=O) groups is 1. The zero-order chi connectivity index (χ0) is 18.3. The van der Waals surface area contributed by atoms with Crippen molar-refractivity contribution < 1.29 is 9.18 Å². The van der Waals surface area contributed by atoms with E-state index in [0.717, 1.165) is 0 Å². The summed E-state index contributed by atoms with van der Waals surface area (Å²) in [5.74, 6) is -0.812. The van der Waals surface area contributed by atoms with Gasteiger partial charge in [-0.2, -0.15) is 0 Å². The third kappa shape index (κ3) is 2.93. The number of anilines is 1. The van der Waals surface area contributed by atoms with E-state index in [1.54, 1.807) is 18.2 Å². The normalized spacial score (nSPS) is 11.2. The Bertz CT molecular complexity index is 1200. The Morgan fingerprint density at radius 3 is 2.73 bits per heavy atom. The van der Waals surface area contributed by atoms with Crippen LogP contribution in [0.4, 0.5) is 10.1 Å². The molecule has 0 radical (unpaired) electrons. The smallest absolute Gasteiger partial charge is 0.276 e. The number of nitrogens with zero attached hydrogens (tertiary/aromatic N) is 2. The number of halogens is 2. The van der Waals surface area contributed by atoms with Gasteiger partial charge in [0.1, 0.15) is 12.4 Å². The fraction of sp³-hybridized carbons (Fsp3) is 0.0556. The summed E-state index contributed by atoms with van der Waals surface area (Å²) in [4.78, 5) is 29.0. The summed E-state index contributed by atoms with van der Waals surface area (Å²) >= 11 is 6.03. The van der Waals surface area contributed by atoms with Crippen LogP contribution in [0.25, 0.3) is 21.8 Å². The second kappa shape index (κ2) is 6.27. The van der Waals surface area contributed by atoms with Gasteiger partial charge in [-0.05, 0) is 42.5 Å². The molecule has 26 heavy (non-hydrogen) atoms. The van der Waals surface area contributed by atoms with Crippen LogP contribution >= 0.6 is 11.6 Å². The lowest BCUT2D eigenvalue weighted by Crippen LogP contribution is -2.26. The average Bonchev–Trinajstić information content (AvgIpc) is 2.93. The third-order valence-electron chi connectivity index (χ3n) is 3.98. The van der Waals surface area contributed by atoms with Gasteiger partial charge >= 0.3 is 0 Å². The van der Waals surface area contributed by atoms with Crippen LogP contribution in [0.3, 0.4) is 0 Å². The molecule has 0 unspecified atom stereocenters. The first-order valence-electron chi connectivity index (χ1n) is 7.73. The summed E-state index contributed by atoms with van der Waals surface area (Å²) < 4.78 is 14.1. The van der Waals surface area contributed by atoms with Crippen molar-refractivity contribution in [1.29, 1.82) is 0 Å². The van der Waals surface area contributed by atoms with Crippen LogP contribution in [0.2, 0.25) is 5.02 Å². The molecule has 2 aromatic carbocycles. The fourth-order valence-electron chi connectivity index (χ4n) is 2.77. The zero-order valence-electron chi connectivity index (χ0n) is 13.3. The van der Waals surface area contributed by atoms with Gasteiger partial charge in [-0.25, -0.2) is 9.07 Å². The van der Waals surface area contributed by atoms with E-state index in [-0.39, 0.29) is 12.1 Å². The van der Waals surface area contributed by atoms with Gasteiger partial charge in [-0.15, -0.1) is 0 Å². The van der Waals surface area contributed by atoms with E-state index in [1.807, 2.05) is 0 Å². The van der Waals surface area contributed by atoms with Crippen molar-refractivity contribution in [2.24, 2.45) is 0 Å². The van der Waals surface area contributed by atoms with Gasteiger partial charge in [-0.1, -0.05) is 11.6 Å². The molecule has 2 aromatic heterocycles. The maximum absolute atomic E-state index is 12.9. The van der Waals surface area contributed by atoms with Crippen LogP contribution in [-0.2, 0) is 11.3 Å². The largest absolute Gasteiger partial charge is 0.324 e. The van der Waals surface area contributed by atoms with Crippen LogP contribution in [-0.4, -0.2) is 20.7 Å². The lowest BCUT2D eigenvalue weighted by atomic mass is 10.2. The van der Waals surface area contributed by atoms with Crippen molar-refractivity contribution in [3.05, 3.63) is 69.9 Å². The molecule has 2 heterocycles. The predicted octanol–water partition coefficient (Wildman–Crippen LogP) is 3.31. The minimum absolute atomic E-state index is 0.215. The second-order valence-corrected chi connectivity index (χ2v) is 6.20. The number of hydrogen-bond acceptors (Lipinski definition) is 3. The summed E-state index contributed by atoms with van der Waals surface area (Å²) in [6, 6.07) is 10.6. The molecule has 6 nitrogen and oxygen atoms in total. The minimum Gasteiger partial charge on any atom is -0.324 e. The summed E-state index contributed by atoms with van der Waals surface area (Å²) in [6.07, 6.45) is 1.47. The molecule has 4 aromatic rings. The number of amides is 1. The van der Waals surface area contributed by atoms with E-state index in [2.05, 4.69) is 15.4 Å². The molecule has 0 fully saturated rings. The lowest BCUT2D eigenvalue weighted by Gasteiger charge is -2.05. The van der Waals surface area contributed by atoms with Crippen LogP contribution in [0.15, 0.2) is 53.5 Å². The van der Waals surface area contributed by atoms with Gasteiger partial charge in [0, 0.05) is 22.3 Å². The van der Waals surface area contributed by atoms with Crippen LogP contribution in [0.5, 0.6) is 0 Å². The Hall–Kier alpha value is -3.19. The lowest BCUT2D eigenvalue weighted by molar-refractivity contribution is -0.116. The van der Waals surface area contributed by atoms with Crippen molar-refractivity contribution in [3.63, 3.8) is 0 Å². The number of carbonyl (C=O) groups excluding carboxylic acids is 1. The molecule has 0 aliphatic carbocycles. The summed E-state index contributed by atoms with van der Waals surface area (Å²) in [5, 5.41) is 7.15. The molecular weight excluding hydrogens is 359 g/mol. The number of aromatic amines is 1. The molecule has 0 saturated carbocycles. The highest BCUT2D eigenvalue weighted by Gasteiger charge is 2.13. The topological polar surface area (TPSA) is 79.8 Å². The average molecular weight is 371 g/mol. The number of rotatable bonds is 3. The molecule has 0 bridgehead atoms. The molecule has 0 atom stereocenters. The van der Waals surface area contributed by atoms with E-state index in [0.29, 0.717) is 32.5 Å². The van der Waals surface area contributed by atoms with Crippen molar-refractivity contribution in [2.75, 3.05) is 5.32 Å². The first-order chi connectivity index (χ1) is 12.5. The van der Waals surface area contributed by atoms with Crippen LogP contribution in [0.1, 0.15) is 0 Å². The molecule has 4 rings (SSSR count). The molecule has 0 saturated heterocycles. The molecule has 0 aliphatic heterocycles. The Morgan fingerprint density at radius 2 is 1.96 bits per heavy atom. The fourth-order valence-corrected chi connectivity index (χ4v) is 2.94. The summed E-state index contributed by atoms with van der Waals surface area (Å²) in [7, 11) is 0. The number of aromatic nitrogens is 3. The van der Waals surface area contributed by atoms with Gasteiger partial charge in [0.2, 0.25) is 5.91 Å². The highest BCUT2D eigenvalue weighted by molar-refractivity contribution is 6.31. The number of nitrogens with one attached hydrogen (secondary N) is 2. The molecule has 1 amide bonds. The maximum atomic E-state index is 12.9. The van der Waals surface area contributed by atoms with E-state index in [9.17, 15) is 14.0 Å². The third-order valence-corrected chi connectivity index (χ3v) is 4.22. The van der Waals surface area contributed by atoms with Gasteiger partial charge in [0.05, 0.1) is 16.4 Å². The van der Waals surface area contributed by atoms with Crippen LogP contribution < -0.4 is 10.9 Å². The van der Waals surface area contributed by atoms with Gasteiger partial charge in [-0.3, -0.25) is 19.7 Å². The maximum Gasteiger partial charge on any atom is 0.276 e. The van der Waals surface area contributed by atoms with E-state index >= 15 is 0 Å². The Balaban J connectivity index is 1.68. The highest BCUT2D eigenvalue weighted by atomic mass is 35.5. The molecule has 130 valence electrons. The summed E-state index contributed by atoms with van der Waals surface area (Å²) in [6.45, 7) is -0.215. The number of H-pyrrole nitrogens is 1. The van der Waals surface area contributed by atoms with Crippen molar-refractivity contribution in [1.82, 2.24) is 14.8 Å². The summed E-state index contributed by atoms with van der Waals surface area (Å²) in [5.41, 5.74) is 1.34. The highest BCUT2D eigenvalue weighted by Crippen LogP contribution is 2.23. The van der Waals surface area contributed by atoms with Crippen molar-refractivity contribution in [2.45, 2.75) is 6.54 Å². The number of hydrogen-bond donors (Lipinski definition) is 2. The van der Waals surface area contributed by atoms with Gasteiger partial charge in [0.25, 0.3) is 5.56 Å². The predicted molar refractivity (Wildman–Crippen MR) is 97.9 cm³/mol. The molecule has 0 spiro atoms. The number of benzene rings is 2. The van der Waals surface area contributed by atoms with Crippen molar-refractivity contribution >= 4 is 45.0 Å². The van der Waals surface area contributed by atoms with E-state index in [1.165, 1.54) is 35.1 Å². The van der Waals surface area contributed by atoms with Gasteiger partial charge in [0.15, 0.2) is 0 Å². The number of fused-ring (bicyclic) bond motifs is 3. The number of pyridine rings is 1. The first kappa shape index (κ1) is 16.3. The SMILES string of the molecule is O=C(Cn1[nH]c2c(cnc3ccc(Cl)cc32)c1=O)Nc1ccc(F)cc1. The van der Waals surface area contributed by atoms with Gasteiger partial charge < -0.3 is 5.32 Å². The molecule has 8 heteroatoms. The quantitative estimate of drug-likeness (QED) is 0.580.